The van der Waals surface area contributed by atoms with E-state index in [9.17, 15) is 4.79 Å². The quantitative estimate of drug-likeness (QED) is 0.523. The molecule has 0 N–H and O–H groups in total. The van der Waals surface area contributed by atoms with E-state index in [0.717, 1.165) is 17.7 Å². The molecule has 0 spiro atoms. The van der Waals surface area contributed by atoms with Crippen LogP contribution >= 0.6 is 0 Å². The van der Waals surface area contributed by atoms with Gasteiger partial charge in [0.2, 0.25) is 5.91 Å². The van der Waals surface area contributed by atoms with Crippen molar-refractivity contribution in [3.8, 4) is 5.75 Å². The van der Waals surface area contributed by atoms with Crippen LogP contribution in [0.1, 0.15) is 46.7 Å². The largest absolute Gasteiger partial charge is 0.497 e. The number of nitrogens with zero attached hydrogens (tertiary/aromatic N) is 1. The third kappa shape index (κ3) is 5.50. The fraction of sp³-hybridized carbons (Fsp3) is 0.296. The highest BCUT2D eigenvalue weighted by Gasteiger charge is 2.32. The Morgan fingerprint density at radius 3 is 2.20 bits per heavy atom. The number of methoxy groups -OCH3 is 1. The maximum Gasteiger partial charge on any atom is 0.223 e. The Morgan fingerprint density at radius 2 is 1.60 bits per heavy atom. The first-order chi connectivity index (χ1) is 14.5. The summed E-state index contributed by atoms with van der Waals surface area (Å²) in [6, 6.07) is 24.9. The third-order valence-electron chi connectivity index (χ3n) is 5.57. The molecule has 1 amide bonds. The molecule has 0 radical (unpaired) electrons. The van der Waals surface area contributed by atoms with Crippen LogP contribution in [0, 0.1) is 20.8 Å². The first-order valence-corrected chi connectivity index (χ1v) is 10.5. The van der Waals surface area contributed by atoms with Gasteiger partial charge in [-0.2, -0.15) is 0 Å². The van der Waals surface area contributed by atoms with Crippen LogP contribution in [0.3, 0.4) is 0 Å². The Hall–Kier alpha value is -3.07. The van der Waals surface area contributed by atoms with E-state index in [1.165, 1.54) is 22.3 Å². The minimum absolute atomic E-state index is 0.185. The van der Waals surface area contributed by atoms with Crippen LogP contribution in [0.2, 0.25) is 0 Å². The van der Waals surface area contributed by atoms with Gasteiger partial charge in [-0.15, -0.1) is 0 Å². The first kappa shape index (κ1) is 21.6. The van der Waals surface area contributed by atoms with E-state index >= 15 is 0 Å². The van der Waals surface area contributed by atoms with Crippen molar-refractivity contribution in [2.45, 2.75) is 46.2 Å². The number of carbonyl (C=O) groups is 1. The van der Waals surface area contributed by atoms with E-state index in [0.29, 0.717) is 13.0 Å². The number of hydrogen-bond donors (Lipinski definition) is 0. The number of hydrogen-bond acceptors (Lipinski definition) is 2. The molecule has 4 rings (SSSR count). The highest BCUT2D eigenvalue weighted by Crippen LogP contribution is 2.36. The molecule has 1 unspecified atom stereocenters. The van der Waals surface area contributed by atoms with Crippen LogP contribution in [0.25, 0.3) is 0 Å². The highest BCUT2D eigenvalue weighted by molar-refractivity contribution is 5.79. The summed E-state index contributed by atoms with van der Waals surface area (Å²) < 4.78 is 5.20. The molecule has 1 heterocycles. The second-order valence-electron chi connectivity index (χ2n) is 7.94. The maximum absolute atomic E-state index is 12.4. The van der Waals surface area contributed by atoms with Gasteiger partial charge < -0.3 is 9.64 Å². The Labute approximate surface area is 180 Å². The summed E-state index contributed by atoms with van der Waals surface area (Å²) in [6.07, 6.45) is 1.54. The second-order valence-corrected chi connectivity index (χ2v) is 7.94. The van der Waals surface area contributed by atoms with Gasteiger partial charge >= 0.3 is 0 Å². The van der Waals surface area contributed by atoms with Crippen molar-refractivity contribution in [2.75, 3.05) is 7.11 Å². The van der Waals surface area contributed by atoms with Crippen molar-refractivity contribution in [2.24, 2.45) is 0 Å². The molecule has 0 aliphatic carbocycles. The molecule has 0 bridgehead atoms. The molecule has 3 nitrogen and oxygen atoms in total. The van der Waals surface area contributed by atoms with E-state index in [1.807, 2.05) is 47.4 Å². The van der Waals surface area contributed by atoms with Gasteiger partial charge in [-0.05, 0) is 56.0 Å². The smallest absolute Gasteiger partial charge is 0.223 e. The van der Waals surface area contributed by atoms with Crippen molar-refractivity contribution in [1.82, 2.24) is 4.90 Å². The Morgan fingerprint density at radius 1 is 0.900 bits per heavy atom. The second kappa shape index (κ2) is 10.1. The molecular weight excluding hydrogens is 370 g/mol. The fourth-order valence-corrected chi connectivity index (χ4v) is 3.84. The van der Waals surface area contributed by atoms with Crippen molar-refractivity contribution in [3.05, 3.63) is 101 Å². The number of benzene rings is 3. The summed E-state index contributed by atoms with van der Waals surface area (Å²) in [5.41, 5.74) is 6.24. The number of ether oxygens (including phenoxy) is 1. The van der Waals surface area contributed by atoms with Crippen LogP contribution in [0.5, 0.6) is 5.75 Å². The summed E-state index contributed by atoms with van der Waals surface area (Å²) >= 11 is 0. The van der Waals surface area contributed by atoms with Gasteiger partial charge in [-0.1, -0.05) is 71.8 Å². The molecule has 1 aliphatic heterocycles. The molecule has 0 saturated carbocycles. The average molecular weight is 402 g/mol. The summed E-state index contributed by atoms with van der Waals surface area (Å²) in [4.78, 5) is 14.4. The van der Waals surface area contributed by atoms with Crippen LogP contribution in [0.4, 0.5) is 0 Å². The van der Waals surface area contributed by atoms with E-state index in [4.69, 9.17) is 4.74 Å². The maximum atomic E-state index is 12.4. The standard InChI is InChI=1S/C20H23NO2.C7H8/c1-14-4-5-15(2)18(12-14)19-10-11-20(22)21(19)13-16-6-8-17(23-3)9-7-16;1-7-5-3-2-4-6-7/h4-9,12,19H,10-11,13H2,1-3H3;2-6H,1H3. The Kier molecular flexibility index (Phi) is 7.29. The molecule has 1 saturated heterocycles. The van der Waals surface area contributed by atoms with Crippen molar-refractivity contribution >= 4 is 5.91 Å². The van der Waals surface area contributed by atoms with Gasteiger partial charge in [-0.3, -0.25) is 4.79 Å². The van der Waals surface area contributed by atoms with E-state index in [1.54, 1.807) is 7.11 Å². The van der Waals surface area contributed by atoms with Crippen molar-refractivity contribution in [1.29, 1.82) is 0 Å². The normalized spacial score (nSPS) is 15.5. The monoisotopic (exact) mass is 401 g/mol. The molecule has 0 aromatic heterocycles. The van der Waals surface area contributed by atoms with Crippen molar-refractivity contribution in [3.63, 3.8) is 0 Å². The molecule has 3 aromatic carbocycles. The summed E-state index contributed by atoms with van der Waals surface area (Å²) in [5, 5.41) is 0. The topological polar surface area (TPSA) is 29.5 Å². The molecule has 156 valence electrons. The number of likely N-dealkylation sites (tertiary alicyclic amines) is 1. The highest BCUT2D eigenvalue weighted by atomic mass is 16.5. The summed E-state index contributed by atoms with van der Waals surface area (Å²) in [6.45, 7) is 6.97. The van der Waals surface area contributed by atoms with Crippen LogP contribution in [-0.2, 0) is 11.3 Å². The van der Waals surface area contributed by atoms with Gasteiger partial charge in [0.15, 0.2) is 0 Å². The zero-order chi connectivity index (χ0) is 21.5. The number of aryl methyl sites for hydroxylation is 3. The summed E-state index contributed by atoms with van der Waals surface area (Å²) in [5.74, 6) is 1.08. The lowest BCUT2D eigenvalue weighted by Gasteiger charge is -2.27. The van der Waals surface area contributed by atoms with Crippen LogP contribution in [0.15, 0.2) is 72.8 Å². The average Bonchev–Trinajstić information content (AvgIpc) is 3.11. The lowest BCUT2D eigenvalue weighted by molar-refractivity contribution is -0.129. The SMILES string of the molecule is COc1ccc(CN2C(=O)CCC2c2cc(C)ccc2C)cc1.Cc1ccccc1. The third-order valence-corrected chi connectivity index (χ3v) is 5.57. The van der Waals surface area contributed by atoms with E-state index < -0.39 is 0 Å². The van der Waals surface area contributed by atoms with Crippen molar-refractivity contribution < 1.29 is 9.53 Å². The molecule has 1 atom stereocenters. The summed E-state index contributed by atoms with van der Waals surface area (Å²) in [7, 11) is 1.66. The minimum atomic E-state index is 0.185. The molecule has 30 heavy (non-hydrogen) atoms. The zero-order valence-corrected chi connectivity index (χ0v) is 18.4. The van der Waals surface area contributed by atoms with E-state index in [2.05, 4.69) is 51.1 Å². The molecule has 3 aromatic rings. The van der Waals surface area contributed by atoms with Gasteiger partial charge in [0.05, 0.1) is 13.2 Å². The number of amides is 1. The Bertz CT molecular complexity index is 964. The lowest BCUT2D eigenvalue weighted by atomic mass is 9.97. The predicted octanol–water partition coefficient (Wildman–Crippen LogP) is 6.17. The minimum Gasteiger partial charge on any atom is -0.497 e. The van der Waals surface area contributed by atoms with Crippen LogP contribution in [-0.4, -0.2) is 17.9 Å². The van der Waals surface area contributed by atoms with Gasteiger partial charge in [0, 0.05) is 13.0 Å². The Balaban J connectivity index is 0.000000310. The molecule has 1 aliphatic rings. The predicted molar refractivity (Wildman–Crippen MR) is 123 cm³/mol. The first-order valence-electron chi connectivity index (χ1n) is 10.5. The van der Waals surface area contributed by atoms with Gasteiger partial charge in [-0.25, -0.2) is 0 Å². The van der Waals surface area contributed by atoms with E-state index in [-0.39, 0.29) is 11.9 Å². The number of rotatable bonds is 4. The fourth-order valence-electron chi connectivity index (χ4n) is 3.84. The molecular formula is C27H31NO2. The molecule has 1 fully saturated rings. The lowest BCUT2D eigenvalue weighted by Crippen LogP contribution is -2.27. The molecule has 3 heteroatoms. The van der Waals surface area contributed by atoms with Gasteiger partial charge in [0.1, 0.15) is 5.75 Å². The zero-order valence-electron chi connectivity index (χ0n) is 18.4. The van der Waals surface area contributed by atoms with Crippen LogP contribution < -0.4 is 4.74 Å². The van der Waals surface area contributed by atoms with Gasteiger partial charge in [0.25, 0.3) is 0 Å². The number of carbonyl (C=O) groups excluding carboxylic acids is 1.